The zero-order valence-electron chi connectivity index (χ0n) is 26.6. The number of amides is 2. The van der Waals surface area contributed by atoms with Crippen LogP contribution in [0, 0.1) is 5.82 Å². The average Bonchev–Trinajstić information content (AvgIpc) is 3.05. The predicted octanol–water partition coefficient (Wildman–Crippen LogP) is 5.35. The minimum absolute atomic E-state index is 0.0378. The second-order valence-electron chi connectivity index (χ2n) is 12.2. The van der Waals surface area contributed by atoms with Crippen molar-refractivity contribution < 1.29 is 31.9 Å². The first kappa shape index (κ1) is 33.5. The molecule has 246 valence electrons. The second kappa shape index (κ2) is 14.3. The third-order valence-electron chi connectivity index (χ3n) is 7.46. The number of halogens is 1. The maximum Gasteiger partial charge on any atom is 0.264 e. The Morgan fingerprint density at radius 1 is 0.830 bits per heavy atom. The van der Waals surface area contributed by atoms with Gasteiger partial charge in [0.15, 0.2) is 11.5 Å². The monoisotopic (exact) mass is 659 g/mol. The standard InChI is InChI=1S/C36H38FN3O6S/c1-36(2,3)38-35(42)31(22-26-10-6-4-7-11-26)39(24-27-12-8-5-9-13-27)34(41)25-40(29-16-14-28(37)15-17-29)47(43,44)30-18-19-32-33(23-30)46-21-20-45-32/h4-19,23,31H,20-22,24-25H2,1-3H3,(H,38,42)/t31-/m1/s1. The molecule has 1 aliphatic rings. The molecule has 4 aromatic carbocycles. The van der Waals surface area contributed by atoms with Crippen molar-refractivity contribution in [1.82, 2.24) is 10.2 Å². The van der Waals surface area contributed by atoms with Gasteiger partial charge in [-0.2, -0.15) is 0 Å². The van der Waals surface area contributed by atoms with Gasteiger partial charge in [0.05, 0.1) is 10.6 Å². The lowest BCUT2D eigenvalue weighted by molar-refractivity contribution is -0.140. The molecule has 5 rings (SSSR count). The van der Waals surface area contributed by atoms with E-state index in [2.05, 4.69) is 5.32 Å². The van der Waals surface area contributed by atoms with Crippen molar-refractivity contribution in [1.29, 1.82) is 0 Å². The number of hydrogen-bond donors (Lipinski definition) is 1. The van der Waals surface area contributed by atoms with E-state index in [1.165, 1.54) is 35.2 Å². The topological polar surface area (TPSA) is 105 Å². The highest BCUT2D eigenvalue weighted by atomic mass is 32.2. The molecule has 2 amide bonds. The molecule has 0 saturated carbocycles. The largest absolute Gasteiger partial charge is 0.486 e. The van der Waals surface area contributed by atoms with Crippen LogP contribution in [0.2, 0.25) is 0 Å². The van der Waals surface area contributed by atoms with Crippen molar-refractivity contribution in [3.05, 3.63) is 120 Å². The summed E-state index contributed by atoms with van der Waals surface area (Å²) in [6, 6.07) is 26.6. The molecule has 0 radical (unpaired) electrons. The van der Waals surface area contributed by atoms with Gasteiger partial charge in [0.2, 0.25) is 11.8 Å². The third kappa shape index (κ3) is 8.48. The van der Waals surface area contributed by atoms with E-state index in [0.717, 1.165) is 27.6 Å². The van der Waals surface area contributed by atoms with Crippen LogP contribution in [0.3, 0.4) is 0 Å². The number of sulfonamides is 1. The molecule has 0 aromatic heterocycles. The number of carbonyl (C=O) groups excluding carboxylic acids is 2. The number of nitrogens with zero attached hydrogens (tertiary/aromatic N) is 2. The van der Waals surface area contributed by atoms with Crippen LogP contribution in [-0.2, 0) is 32.6 Å². The van der Waals surface area contributed by atoms with E-state index in [9.17, 15) is 22.4 Å². The number of benzene rings is 4. The number of anilines is 1. The summed E-state index contributed by atoms with van der Waals surface area (Å²) in [4.78, 5) is 29.8. The molecular formula is C36H38FN3O6S. The molecule has 1 heterocycles. The molecule has 1 N–H and O–H groups in total. The van der Waals surface area contributed by atoms with Crippen LogP contribution in [0.5, 0.6) is 11.5 Å². The van der Waals surface area contributed by atoms with Gasteiger partial charge >= 0.3 is 0 Å². The van der Waals surface area contributed by atoms with Crippen LogP contribution < -0.4 is 19.1 Å². The summed E-state index contributed by atoms with van der Waals surface area (Å²) in [5.41, 5.74) is 1.06. The molecular weight excluding hydrogens is 621 g/mol. The second-order valence-corrected chi connectivity index (χ2v) is 14.1. The van der Waals surface area contributed by atoms with Crippen molar-refractivity contribution in [3.8, 4) is 11.5 Å². The van der Waals surface area contributed by atoms with Gasteiger partial charge in [0.1, 0.15) is 31.6 Å². The summed E-state index contributed by atoms with van der Waals surface area (Å²) in [7, 11) is -4.41. The van der Waals surface area contributed by atoms with Crippen LogP contribution in [-0.4, -0.2) is 56.5 Å². The molecule has 9 nitrogen and oxygen atoms in total. The van der Waals surface area contributed by atoms with E-state index in [0.29, 0.717) is 12.4 Å². The fourth-order valence-electron chi connectivity index (χ4n) is 5.23. The highest BCUT2D eigenvalue weighted by Gasteiger charge is 2.36. The first-order chi connectivity index (χ1) is 22.4. The van der Waals surface area contributed by atoms with Gasteiger partial charge in [0, 0.05) is 24.6 Å². The van der Waals surface area contributed by atoms with Crippen molar-refractivity contribution in [2.24, 2.45) is 0 Å². The summed E-state index contributed by atoms with van der Waals surface area (Å²) < 4.78 is 54.7. The van der Waals surface area contributed by atoms with Crippen LogP contribution >= 0.6 is 0 Å². The van der Waals surface area contributed by atoms with E-state index >= 15 is 0 Å². The van der Waals surface area contributed by atoms with Crippen molar-refractivity contribution in [2.75, 3.05) is 24.1 Å². The van der Waals surface area contributed by atoms with Gasteiger partial charge in [-0.05, 0) is 68.3 Å². The first-order valence-corrected chi connectivity index (χ1v) is 16.7. The average molecular weight is 660 g/mol. The molecule has 0 saturated heterocycles. The van der Waals surface area contributed by atoms with Crippen LogP contribution in [0.15, 0.2) is 108 Å². The Morgan fingerprint density at radius 2 is 1.43 bits per heavy atom. The lowest BCUT2D eigenvalue weighted by Crippen LogP contribution is -2.56. The highest BCUT2D eigenvalue weighted by molar-refractivity contribution is 7.92. The minimum Gasteiger partial charge on any atom is -0.486 e. The van der Waals surface area contributed by atoms with Crippen LogP contribution in [0.1, 0.15) is 31.9 Å². The van der Waals surface area contributed by atoms with Gasteiger partial charge in [-0.3, -0.25) is 13.9 Å². The summed E-state index contributed by atoms with van der Waals surface area (Å²) in [6.45, 7) is 5.52. The SMILES string of the molecule is CC(C)(C)NC(=O)[C@@H](Cc1ccccc1)N(Cc1ccccc1)C(=O)CN(c1ccc(F)cc1)S(=O)(=O)c1ccc2c(c1)OCCO2. The van der Waals surface area contributed by atoms with Gasteiger partial charge in [0.25, 0.3) is 10.0 Å². The molecule has 47 heavy (non-hydrogen) atoms. The Hall–Kier alpha value is -4.90. The number of ether oxygens (including phenoxy) is 2. The maximum atomic E-state index is 14.5. The molecule has 0 bridgehead atoms. The Kier molecular flexibility index (Phi) is 10.1. The Bertz CT molecular complexity index is 1800. The first-order valence-electron chi connectivity index (χ1n) is 15.3. The Balaban J connectivity index is 1.57. The Labute approximate surface area is 275 Å². The summed E-state index contributed by atoms with van der Waals surface area (Å²) in [5, 5.41) is 3.00. The van der Waals surface area contributed by atoms with E-state index in [1.54, 1.807) is 0 Å². The number of fused-ring (bicyclic) bond motifs is 1. The normalized spacial score (nSPS) is 13.4. The van der Waals surface area contributed by atoms with Gasteiger partial charge in [-0.25, -0.2) is 12.8 Å². The van der Waals surface area contributed by atoms with E-state index < -0.39 is 39.9 Å². The van der Waals surface area contributed by atoms with Gasteiger partial charge in [-0.1, -0.05) is 60.7 Å². The molecule has 11 heteroatoms. The minimum atomic E-state index is -4.41. The van der Waals surface area contributed by atoms with Gasteiger partial charge < -0.3 is 19.7 Å². The predicted molar refractivity (Wildman–Crippen MR) is 177 cm³/mol. The van der Waals surface area contributed by atoms with E-state index in [4.69, 9.17) is 9.47 Å². The van der Waals surface area contributed by atoms with Crippen molar-refractivity contribution in [2.45, 2.75) is 50.2 Å². The maximum absolute atomic E-state index is 14.5. The van der Waals surface area contributed by atoms with E-state index in [1.807, 2.05) is 81.4 Å². The summed E-state index contributed by atoms with van der Waals surface area (Å²) >= 11 is 0. The zero-order valence-corrected chi connectivity index (χ0v) is 27.4. The number of nitrogens with one attached hydrogen (secondary N) is 1. The lowest BCUT2D eigenvalue weighted by atomic mass is 10.0. The van der Waals surface area contributed by atoms with Crippen LogP contribution in [0.25, 0.3) is 0 Å². The number of rotatable bonds is 11. The van der Waals surface area contributed by atoms with Crippen molar-refractivity contribution >= 4 is 27.5 Å². The molecule has 0 spiro atoms. The molecule has 1 atom stereocenters. The third-order valence-corrected chi connectivity index (χ3v) is 9.23. The zero-order chi connectivity index (χ0) is 33.6. The molecule has 0 aliphatic carbocycles. The smallest absolute Gasteiger partial charge is 0.264 e. The fourth-order valence-corrected chi connectivity index (χ4v) is 6.66. The number of hydrogen-bond acceptors (Lipinski definition) is 6. The summed E-state index contributed by atoms with van der Waals surface area (Å²) in [6.07, 6.45) is 0.187. The molecule has 0 unspecified atom stereocenters. The lowest BCUT2D eigenvalue weighted by Gasteiger charge is -2.35. The summed E-state index contributed by atoms with van der Waals surface area (Å²) in [5.74, 6) is -0.903. The van der Waals surface area contributed by atoms with Crippen molar-refractivity contribution in [3.63, 3.8) is 0 Å². The molecule has 1 aliphatic heterocycles. The fraction of sp³-hybridized carbons (Fsp3) is 0.278. The van der Waals surface area contributed by atoms with E-state index in [-0.39, 0.29) is 41.8 Å². The molecule has 4 aromatic rings. The Morgan fingerprint density at radius 3 is 2.04 bits per heavy atom. The van der Waals surface area contributed by atoms with Crippen LogP contribution in [0.4, 0.5) is 10.1 Å². The molecule has 0 fully saturated rings. The number of carbonyl (C=O) groups is 2. The quantitative estimate of drug-likeness (QED) is 0.233. The highest BCUT2D eigenvalue weighted by Crippen LogP contribution is 2.34. The van der Waals surface area contributed by atoms with Gasteiger partial charge in [-0.15, -0.1) is 0 Å².